The summed E-state index contributed by atoms with van der Waals surface area (Å²) in [7, 11) is 0. The van der Waals surface area contributed by atoms with E-state index < -0.39 is 0 Å². The molecule has 0 saturated heterocycles. The van der Waals surface area contributed by atoms with Gasteiger partial charge in [-0.25, -0.2) is 4.98 Å². The molecule has 0 amide bonds. The maximum atomic E-state index is 11.1. The molecule has 0 spiro atoms. The van der Waals surface area contributed by atoms with E-state index in [4.69, 9.17) is 6.57 Å². The predicted molar refractivity (Wildman–Crippen MR) is 85.3 cm³/mol. The minimum Gasteiger partial charge on any atom is -0.361 e. The van der Waals surface area contributed by atoms with E-state index in [1.165, 1.54) is 13.0 Å². The summed E-state index contributed by atoms with van der Waals surface area (Å²) < 4.78 is 0. The number of aromatic nitrogens is 3. The van der Waals surface area contributed by atoms with Crippen LogP contribution in [0.25, 0.3) is 33.1 Å². The molecule has 1 N–H and O–H groups in total. The highest BCUT2D eigenvalue weighted by Gasteiger charge is 2.07. The zero-order valence-electron chi connectivity index (χ0n) is 11.9. The van der Waals surface area contributed by atoms with E-state index in [1.807, 2.05) is 18.3 Å². The molecule has 0 aromatic carbocycles. The SMILES string of the molecule is [C-]#[N+]c1ccc(-c2cnc3[nH]cc(/C=C/C(C)=O)c3c2)cn1. The Kier molecular flexibility index (Phi) is 3.50. The molecule has 106 valence electrons. The fraction of sp³-hybridized carbons (Fsp3) is 0.0588. The number of ketones is 1. The van der Waals surface area contributed by atoms with E-state index in [0.29, 0.717) is 5.82 Å². The van der Waals surface area contributed by atoms with Crippen molar-refractivity contribution in [2.45, 2.75) is 6.92 Å². The van der Waals surface area contributed by atoms with Crippen LogP contribution in [0.5, 0.6) is 0 Å². The van der Waals surface area contributed by atoms with Crippen LogP contribution < -0.4 is 0 Å². The molecule has 0 saturated carbocycles. The third-order valence-corrected chi connectivity index (χ3v) is 3.26. The lowest BCUT2D eigenvalue weighted by Gasteiger charge is -2.00. The number of hydrogen-bond donors (Lipinski definition) is 1. The Bertz CT molecular complexity index is 914. The maximum Gasteiger partial charge on any atom is 0.269 e. The summed E-state index contributed by atoms with van der Waals surface area (Å²) in [6.45, 7) is 8.44. The first kappa shape index (κ1) is 13.7. The molecule has 0 unspecified atom stereocenters. The van der Waals surface area contributed by atoms with Gasteiger partial charge in [-0.05, 0) is 31.2 Å². The number of allylic oxidation sites excluding steroid dienone is 1. The van der Waals surface area contributed by atoms with Gasteiger partial charge in [-0.2, -0.15) is 0 Å². The first-order valence-corrected chi connectivity index (χ1v) is 6.67. The fourth-order valence-corrected chi connectivity index (χ4v) is 2.15. The number of carbonyl (C=O) groups excluding carboxylic acids is 1. The van der Waals surface area contributed by atoms with Crippen LogP contribution in [-0.2, 0) is 4.79 Å². The molecule has 0 atom stereocenters. The average molecular weight is 288 g/mol. The Balaban J connectivity index is 2.06. The van der Waals surface area contributed by atoms with Gasteiger partial charge < -0.3 is 9.83 Å². The van der Waals surface area contributed by atoms with Crippen molar-refractivity contribution < 1.29 is 4.79 Å². The second kappa shape index (κ2) is 5.62. The largest absolute Gasteiger partial charge is 0.361 e. The smallest absolute Gasteiger partial charge is 0.269 e. The molecule has 0 aliphatic carbocycles. The molecule has 0 bridgehead atoms. The topological polar surface area (TPSA) is 63.0 Å². The standard InChI is InChI=1S/C17H12N4O/c1-11(22)3-4-13-9-20-17-15(13)7-14(10-21-17)12-5-6-16(18-2)19-8-12/h3-10H,1H3,(H,20,21)/b4-3+. The molecule has 0 aliphatic rings. The number of H-pyrrole nitrogens is 1. The highest BCUT2D eigenvalue weighted by atomic mass is 16.1. The number of nitrogens with one attached hydrogen (secondary N) is 1. The molecule has 3 rings (SSSR count). The van der Waals surface area contributed by atoms with Crippen LogP contribution >= 0.6 is 0 Å². The first-order chi connectivity index (χ1) is 10.7. The van der Waals surface area contributed by atoms with Crippen molar-refractivity contribution in [3.05, 3.63) is 59.8 Å². The highest BCUT2D eigenvalue weighted by molar-refractivity contribution is 5.96. The van der Waals surface area contributed by atoms with Crippen LogP contribution in [0.3, 0.4) is 0 Å². The summed E-state index contributed by atoms with van der Waals surface area (Å²) in [6.07, 6.45) is 8.54. The van der Waals surface area contributed by atoms with Crippen molar-refractivity contribution in [1.29, 1.82) is 0 Å². The minimum atomic E-state index is -0.00241. The Morgan fingerprint density at radius 3 is 2.77 bits per heavy atom. The number of carbonyl (C=O) groups is 1. The zero-order chi connectivity index (χ0) is 15.5. The van der Waals surface area contributed by atoms with Crippen molar-refractivity contribution in [2.24, 2.45) is 0 Å². The van der Waals surface area contributed by atoms with Gasteiger partial charge in [0.15, 0.2) is 5.78 Å². The summed E-state index contributed by atoms with van der Waals surface area (Å²) >= 11 is 0. The summed E-state index contributed by atoms with van der Waals surface area (Å²) in [5.41, 5.74) is 3.47. The fourth-order valence-electron chi connectivity index (χ4n) is 2.15. The average Bonchev–Trinajstić information content (AvgIpc) is 2.95. The molecule has 3 aromatic heterocycles. The van der Waals surface area contributed by atoms with Crippen molar-refractivity contribution in [1.82, 2.24) is 15.0 Å². The van der Waals surface area contributed by atoms with Gasteiger partial charge in [-0.1, -0.05) is 12.6 Å². The van der Waals surface area contributed by atoms with E-state index in [9.17, 15) is 4.79 Å². The highest BCUT2D eigenvalue weighted by Crippen LogP contribution is 2.25. The van der Waals surface area contributed by atoms with Crippen LogP contribution in [0.15, 0.2) is 42.9 Å². The van der Waals surface area contributed by atoms with Crippen LogP contribution in [0.2, 0.25) is 0 Å². The van der Waals surface area contributed by atoms with E-state index in [-0.39, 0.29) is 5.78 Å². The number of nitrogens with zero attached hydrogens (tertiary/aromatic N) is 3. The summed E-state index contributed by atoms with van der Waals surface area (Å²) in [5, 5.41) is 0.934. The van der Waals surface area contributed by atoms with E-state index in [2.05, 4.69) is 19.8 Å². The van der Waals surface area contributed by atoms with Crippen molar-refractivity contribution in [2.75, 3.05) is 0 Å². The molecule has 5 nitrogen and oxygen atoms in total. The van der Waals surface area contributed by atoms with E-state index in [1.54, 1.807) is 24.5 Å². The Morgan fingerprint density at radius 1 is 1.27 bits per heavy atom. The number of pyridine rings is 2. The van der Waals surface area contributed by atoms with E-state index in [0.717, 1.165) is 27.7 Å². The number of hydrogen-bond acceptors (Lipinski definition) is 3. The lowest BCUT2D eigenvalue weighted by molar-refractivity contribution is -0.112. The summed E-state index contributed by atoms with van der Waals surface area (Å²) in [5.74, 6) is 0.363. The third kappa shape index (κ3) is 2.63. The molecule has 0 aliphatic heterocycles. The second-order valence-corrected chi connectivity index (χ2v) is 4.83. The maximum absolute atomic E-state index is 11.1. The van der Waals surface area contributed by atoms with Crippen LogP contribution in [0, 0.1) is 6.57 Å². The van der Waals surface area contributed by atoms with Crippen molar-refractivity contribution in [3.63, 3.8) is 0 Å². The van der Waals surface area contributed by atoms with Gasteiger partial charge >= 0.3 is 0 Å². The minimum absolute atomic E-state index is 0.00241. The van der Waals surface area contributed by atoms with Gasteiger partial charge in [-0.15, -0.1) is 4.98 Å². The monoisotopic (exact) mass is 288 g/mol. The van der Waals surface area contributed by atoms with Crippen LogP contribution in [-0.4, -0.2) is 20.7 Å². The third-order valence-electron chi connectivity index (χ3n) is 3.26. The predicted octanol–water partition coefficient (Wildman–Crippen LogP) is 3.78. The lowest BCUT2D eigenvalue weighted by atomic mass is 10.1. The molecule has 3 aromatic rings. The van der Waals surface area contributed by atoms with Crippen LogP contribution in [0.4, 0.5) is 5.82 Å². The quantitative estimate of drug-likeness (QED) is 0.589. The van der Waals surface area contributed by atoms with Gasteiger partial charge in [0, 0.05) is 34.5 Å². The van der Waals surface area contributed by atoms with E-state index >= 15 is 0 Å². The van der Waals surface area contributed by atoms with Crippen LogP contribution in [0.1, 0.15) is 12.5 Å². The van der Waals surface area contributed by atoms with Gasteiger partial charge in [-0.3, -0.25) is 4.79 Å². The number of rotatable bonds is 3. The molecule has 0 radical (unpaired) electrons. The molecule has 0 fully saturated rings. The lowest BCUT2D eigenvalue weighted by Crippen LogP contribution is -1.84. The summed E-state index contributed by atoms with van der Waals surface area (Å²) in [6, 6.07) is 5.52. The normalized spacial score (nSPS) is 10.9. The van der Waals surface area contributed by atoms with Gasteiger partial charge in [0.25, 0.3) is 5.82 Å². The van der Waals surface area contributed by atoms with Gasteiger partial charge in [0.05, 0.1) is 0 Å². The molecular formula is C17H12N4O. The Morgan fingerprint density at radius 2 is 2.09 bits per heavy atom. The first-order valence-electron chi connectivity index (χ1n) is 6.67. The number of aromatic amines is 1. The molecule has 22 heavy (non-hydrogen) atoms. The molecule has 5 heteroatoms. The Labute approximate surface area is 127 Å². The van der Waals surface area contributed by atoms with Crippen molar-refractivity contribution in [3.8, 4) is 11.1 Å². The molecule has 3 heterocycles. The second-order valence-electron chi connectivity index (χ2n) is 4.83. The van der Waals surface area contributed by atoms with Gasteiger partial charge in [0.2, 0.25) is 0 Å². The molecular weight excluding hydrogens is 276 g/mol. The van der Waals surface area contributed by atoms with Gasteiger partial charge in [0.1, 0.15) is 11.8 Å². The van der Waals surface area contributed by atoms with Crippen molar-refractivity contribution >= 4 is 28.7 Å². The summed E-state index contributed by atoms with van der Waals surface area (Å²) in [4.78, 5) is 25.9. The Hall–Kier alpha value is -3.26. The number of fused-ring (bicyclic) bond motifs is 1. The zero-order valence-corrected chi connectivity index (χ0v) is 11.9.